The molecule has 1 fully saturated rings. The Morgan fingerprint density at radius 3 is 2.62 bits per heavy atom. The quantitative estimate of drug-likeness (QED) is 0.699. The molecule has 2 rings (SSSR count). The summed E-state index contributed by atoms with van der Waals surface area (Å²) in [5, 5.41) is 4.43. The highest BCUT2D eigenvalue weighted by atomic mass is 15.3. The van der Waals surface area contributed by atoms with E-state index in [-0.39, 0.29) is 0 Å². The summed E-state index contributed by atoms with van der Waals surface area (Å²) in [6.45, 7) is 7.28. The maximum atomic E-state index is 4.43. The van der Waals surface area contributed by atoms with Gasteiger partial charge in [0.25, 0.3) is 0 Å². The van der Waals surface area contributed by atoms with E-state index in [1.807, 2.05) is 13.8 Å². The molecule has 1 aliphatic carbocycles. The van der Waals surface area contributed by atoms with Gasteiger partial charge in [0.1, 0.15) is 0 Å². The van der Waals surface area contributed by atoms with Gasteiger partial charge in [-0.05, 0) is 31.2 Å². The van der Waals surface area contributed by atoms with E-state index in [4.69, 9.17) is 0 Å². The molecule has 2 heteroatoms. The van der Waals surface area contributed by atoms with Crippen LogP contribution in [0.3, 0.4) is 0 Å². The monoisotopic (exact) mass is 180 g/mol. The van der Waals surface area contributed by atoms with Gasteiger partial charge in [0.15, 0.2) is 0 Å². The first-order valence-corrected chi connectivity index (χ1v) is 5.41. The number of hydrogen-bond donors (Lipinski definition) is 0. The average molecular weight is 180 g/mol. The fourth-order valence-electron chi connectivity index (χ4n) is 1.26. The van der Waals surface area contributed by atoms with E-state index in [1.54, 1.807) is 0 Å². The van der Waals surface area contributed by atoms with Crippen molar-refractivity contribution in [2.24, 2.45) is 5.92 Å². The summed E-state index contributed by atoms with van der Waals surface area (Å²) in [4.78, 5) is 0. The van der Waals surface area contributed by atoms with Crippen molar-refractivity contribution in [1.29, 1.82) is 0 Å². The van der Waals surface area contributed by atoms with E-state index < -0.39 is 0 Å². The molecule has 0 spiro atoms. The minimum Gasteiger partial charge on any atom is -0.272 e. The van der Waals surface area contributed by atoms with Crippen LogP contribution in [-0.2, 0) is 13.0 Å². The smallest absolute Gasteiger partial charge is 0.0621 e. The molecule has 1 saturated carbocycles. The van der Waals surface area contributed by atoms with Gasteiger partial charge in [0.05, 0.1) is 5.69 Å². The van der Waals surface area contributed by atoms with Crippen LogP contribution in [0.25, 0.3) is 0 Å². The van der Waals surface area contributed by atoms with Gasteiger partial charge in [-0.25, -0.2) is 0 Å². The van der Waals surface area contributed by atoms with Crippen LogP contribution in [0.4, 0.5) is 0 Å². The van der Waals surface area contributed by atoms with Crippen molar-refractivity contribution >= 4 is 0 Å². The number of nitrogens with zero attached hydrogens (tertiary/aromatic N) is 2. The van der Waals surface area contributed by atoms with Crippen molar-refractivity contribution in [3.05, 3.63) is 18.0 Å². The molecule has 2 nitrogen and oxygen atoms in total. The molecule has 1 heterocycles. The molecule has 1 aromatic heterocycles. The molecule has 0 aromatic carbocycles. The van der Waals surface area contributed by atoms with E-state index in [2.05, 4.69) is 29.0 Å². The molecule has 0 unspecified atom stereocenters. The van der Waals surface area contributed by atoms with Crippen molar-refractivity contribution in [2.45, 2.75) is 46.6 Å². The summed E-state index contributed by atoms with van der Waals surface area (Å²) in [6.07, 6.45) is 5.96. The van der Waals surface area contributed by atoms with Crippen LogP contribution in [0.1, 0.15) is 39.3 Å². The zero-order valence-electron chi connectivity index (χ0n) is 8.95. The van der Waals surface area contributed by atoms with Crippen molar-refractivity contribution in [3.8, 4) is 0 Å². The van der Waals surface area contributed by atoms with Gasteiger partial charge in [0.2, 0.25) is 0 Å². The lowest BCUT2D eigenvalue weighted by Crippen LogP contribution is -2.00. The van der Waals surface area contributed by atoms with Crippen LogP contribution in [0, 0.1) is 5.92 Å². The molecule has 1 aromatic rings. The molecule has 0 aliphatic heterocycles. The Kier molecular flexibility index (Phi) is 4.00. The Balaban J connectivity index is 0.000000396. The fraction of sp³-hybridized carbons (Fsp3) is 0.727. The lowest BCUT2D eigenvalue weighted by atomic mass is 10.4. The average Bonchev–Trinajstić information content (AvgIpc) is 2.86. The van der Waals surface area contributed by atoms with Gasteiger partial charge >= 0.3 is 0 Å². The Morgan fingerprint density at radius 1 is 1.46 bits per heavy atom. The number of rotatable bonds is 3. The molecule has 74 valence electrons. The second-order valence-electron chi connectivity index (χ2n) is 3.33. The highest BCUT2D eigenvalue weighted by molar-refractivity contribution is 4.98. The maximum Gasteiger partial charge on any atom is 0.0621 e. The second-order valence-corrected chi connectivity index (χ2v) is 3.33. The molecule has 0 amide bonds. The first-order chi connectivity index (χ1) is 6.38. The van der Waals surface area contributed by atoms with Gasteiger partial charge in [-0.3, -0.25) is 4.68 Å². The Bertz CT molecular complexity index is 236. The van der Waals surface area contributed by atoms with Gasteiger partial charge in [-0.15, -0.1) is 0 Å². The molecule has 0 saturated heterocycles. The summed E-state index contributed by atoms with van der Waals surface area (Å²) >= 11 is 0. The van der Waals surface area contributed by atoms with Crippen LogP contribution >= 0.6 is 0 Å². The summed E-state index contributed by atoms with van der Waals surface area (Å²) in [5.74, 6) is 0.930. The topological polar surface area (TPSA) is 17.8 Å². The first-order valence-electron chi connectivity index (χ1n) is 5.41. The first kappa shape index (κ1) is 10.3. The van der Waals surface area contributed by atoms with E-state index in [9.17, 15) is 0 Å². The van der Waals surface area contributed by atoms with Crippen LogP contribution in [0.2, 0.25) is 0 Å². The normalized spacial score (nSPS) is 15.0. The minimum atomic E-state index is 0.930. The van der Waals surface area contributed by atoms with Gasteiger partial charge in [-0.2, -0.15) is 5.10 Å². The van der Waals surface area contributed by atoms with E-state index in [1.165, 1.54) is 18.5 Å². The molecule has 0 atom stereocenters. The zero-order valence-corrected chi connectivity index (χ0v) is 8.95. The third-order valence-electron chi connectivity index (χ3n) is 2.20. The lowest BCUT2D eigenvalue weighted by molar-refractivity contribution is 0.557. The summed E-state index contributed by atoms with van der Waals surface area (Å²) < 4.78 is 2.08. The third kappa shape index (κ3) is 3.21. The molecule has 1 aliphatic rings. The van der Waals surface area contributed by atoms with Gasteiger partial charge in [-0.1, -0.05) is 20.8 Å². The van der Waals surface area contributed by atoms with Gasteiger partial charge in [0, 0.05) is 12.7 Å². The Morgan fingerprint density at radius 2 is 2.15 bits per heavy atom. The summed E-state index contributed by atoms with van der Waals surface area (Å²) in [7, 11) is 0. The van der Waals surface area contributed by atoms with Crippen LogP contribution in [0.5, 0.6) is 0 Å². The van der Waals surface area contributed by atoms with Crippen molar-refractivity contribution in [2.75, 3.05) is 0 Å². The number of aromatic nitrogens is 2. The maximum absolute atomic E-state index is 4.43. The van der Waals surface area contributed by atoms with Crippen molar-refractivity contribution < 1.29 is 0 Å². The standard InChI is InChI=1S/C9H14N2.C2H6/c1-2-9-5-6-11(10-9)7-8-3-4-8;1-2/h5-6,8H,2-4,7H2,1H3;1-2H3. The van der Waals surface area contributed by atoms with Gasteiger partial charge < -0.3 is 0 Å². The number of hydrogen-bond acceptors (Lipinski definition) is 1. The van der Waals surface area contributed by atoms with E-state index in [0.717, 1.165) is 18.9 Å². The van der Waals surface area contributed by atoms with Crippen LogP contribution in [-0.4, -0.2) is 9.78 Å². The zero-order chi connectivity index (χ0) is 9.68. The molecule has 0 bridgehead atoms. The molecule has 0 N–H and O–H groups in total. The Labute approximate surface area is 81.0 Å². The largest absolute Gasteiger partial charge is 0.272 e. The van der Waals surface area contributed by atoms with Crippen molar-refractivity contribution in [3.63, 3.8) is 0 Å². The van der Waals surface area contributed by atoms with E-state index >= 15 is 0 Å². The summed E-state index contributed by atoms with van der Waals surface area (Å²) in [5.41, 5.74) is 1.21. The highest BCUT2D eigenvalue weighted by Crippen LogP contribution is 2.30. The Hall–Kier alpha value is -0.790. The molecule has 13 heavy (non-hydrogen) atoms. The fourth-order valence-corrected chi connectivity index (χ4v) is 1.26. The number of aryl methyl sites for hydroxylation is 1. The minimum absolute atomic E-state index is 0.930. The molecular formula is C11H20N2. The van der Waals surface area contributed by atoms with E-state index in [0.29, 0.717) is 0 Å². The highest BCUT2D eigenvalue weighted by Gasteiger charge is 2.21. The predicted molar refractivity (Wildman–Crippen MR) is 55.7 cm³/mol. The van der Waals surface area contributed by atoms with Crippen molar-refractivity contribution in [1.82, 2.24) is 9.78 Å². The van der Waals surface area contributed by atoms with Crippen LogP contribution < -0.4 is 0 Å². The van der Waals surface area contributed by atoms with Crippen LogP contribution in [0.15, 0.2) is 12.3 Å². The predicted octanol–water partition coefficient (Wildman–Crippen LogP) is 2.88. The third-order valence-corrected chi connectivity index (χ3v) is 2.20. The second kappa shape index (κ2) is 5.05. The lowest BCUT2D eigenvalue weighted by Gasteiger charge is -1.96. The molecular weight excluding hydrogens is 160 g/mol. The summed E-state index contributed by atoms with van der Waals surface area (Å²) in [6, 6.07) is 2.11. The SMILES string of the molecule is CC.CCc1ccn(CC2CC2)n1. The molecule has 0 radical (unpaired) electrons.